The minimum absolute atomic E-state index is 0.0311. The first kappa shape index (κ1) is 18.6. The highest BCUT2D eigenvalue weighted by Gasteiger charge is 2.35. The summed E-state index contributed by atoms with van der Waals surface area (Å²) in [5, 5.41) is 0. The molecule has 0 saturated carbocycles. The number of fused-ring (bicyclic) bond motifs is 1. The Hall–Kier alpha value is -1.69. The SMILES string of the molecule is CC(C)CN(C(=O)CCN1C(=O)c2ccc(Br)cc2C1=O)C(C)C. The summed E-state index contributed by atoms with van der Waals surface area (Å²) in [5.74, 6) is -0.316. The van der Waals surface area contributed by atoms with Gasteiger partial charge in [0.25, 0.3) is 11.8 Å². The van der Waals surface area contributed by atoms with Gasteiger partial charge in [0, 0.05) is 30.0 Å². The molecule has 0 unspecified atom stereocenters. The lowest BCUT2D eigenvalue weighted by molar-refractivity contribution is -0.133. The molecule has 0 radical (unpaired) electrons. The number of carbonyl (C=O) groups is 3. The summed E-state index contributed by atoms with van der Waals surface area (Å²) in [6, 6.07) is 5.12. The number of hydrogen-bond acceptors (Lipinski definition) is 3. The molecule has 1 aromatic carbocycles. The monoisotopic (exact) mass is 394 g/mol. The number of amides is 3. The number of imide groups is 1. The van der Waals surface area contributed by atoms with Crippen LogP contribution in [0.3, 0.4) is 0 Å². The van der Waals surface area contributed by atoms with Gasteiger partial charge in [-0.25, -0.2) is 0 Å². The van der Waals surface area contributed by atoms with Gasteiger partial charge in [0.2, 0.25) is 5.91 Å². The van der Waals surface area contributed by atoms with Crippen LogP contribution in [-0.4, -0.2) is 46.7 Å². The summed E-state index contributed by atoms with van der Waals surface area (Å²) in [7, 11) is 0. The summed E-state index contributed by atoms with van der Waals surface area (Å²) in [6.07, 6.45) is 0.150. The van der Waals surface area contributed by atoms with E-state index >= 15 is 0 Å². The van der Waals surface area contributed by atoms with Crippen LogP contribution in [0.1, 0.15) is 54.8 Å². The number of rotatable bonds is 6. The van der Waals surface area contributed by atoms with E-state index in [9.17, 15) is 14.4 Å². The van der Waals surface area contributed by atoms with Crippen molar-refractivity contribution in [2.45, 2.75) is 40.2 Å². The fourth-order valence-electron chi connectivity index (χ4n) is 2.81. The minimum Gasteiger partial charge on any atom is -0.340 e. The predicted molar refractivity (Wildman–Crippen MR) is 95.8 cm³/mol. The lowest BCUT2D eigenvalue weighted by Crippen LogP contribution is -2.41. The van der Waals surface area contributed by atoms with Crippen LogP contribution in [-0.2, 0) is 4.79 Å². The van der Waals surface area contributed by atoms with E-state index in [0.717, 1.165) is 4.47 Å². The van der Waals surface area contributed by atoms with E-state index in [4.69, 9.17) is 0 Å². The van der Waals surface area contributed by atoms with Gasteiger partial charge in [-0.1, -0.05) is 29.8 Å². The lowest BCUT2D eigenvalue weighted by Gasteiger charge is -2.29. The van der Waals surface area contributed by atoms with Gasteiger partial charge in [0.15, 0.2) is 0 Å². The van der Waals surface area contributed by atoms with Crippen molar-refractivity contribution in [1.82, 2.24) is 9.80 Å². The summed E-state index contributed by atoms with van der Waals surface area (Å²) < 4.78 is 0.753. The first-order valence-electron chi connectivity index (χ1n) is 8.17. The zero-order valence-corrected chi connectivity index (χ0v) is 16.1. The van der Waals surface area contributed by atoms with Crippen LogP contribution in [0, 0.1) is 5.92 Å². The molecule has 6 heteroatoms. The van der Waals surface area contributed by atoms with Crippen molar-refractivity contribution in [3.05, 3.63) is 33.8 Å². The summed E-state index contributed by atoms with van der Waals surface area (Å²) in [4.78, 5) is 40.3. The molecule has 0 spiro atoms. The Morgan fingerprint density at radius 2 is 1.75 bits per heavy atom. The van der Waals surface area contributed by atoms with Gasteiger partial charge in [-0.3, -0.25) is 19.3 Å². The van der Waals surface area contributed by atoms with Gasteiger partial charge >= 0.3 is 0 Å². The van der Waals surface area contributed by atoms with E-state index in [1.165, 1.54) is 4.90 Å². The smallest absolute Gasteiger partial charge is 0.261 e. The third-order valence-electron chi connectivity index (χ3n) is 3.99. The largest absolute Gasteiger partial charge is 0.340 e. The van der Waals surface area contributed by atoms with Crippen LogP contribution >= 0.6 is 15.9 Å². The first-order chi connectivity index (χ1) is 11.2. The highest BCUT2D eigenvalue weighted by atomic mass is 79.9. The molecule has 130 valence electrons. The molecule has 0 saturated heterocycles. The molecule has 0 atom stereocenters. The fourth-order valence-corrected chi connectivity index (χ4v) is 3.17. The van der Waals surface area contributed by atoms with E-state index < -0.39 is 0 Å². The van der Waals surface area contributed by atoms with Crippen molar-refractivity contribution in [2.24, 2.45) is 5.92 Å². The molecule has 5 nitrogen and oxygen atoms in total. The zero-order chi connectivity index (χ0) is 18.0. The Morgan fingerprint density at radius 1 is 1.12 bits per heavy atom. The molecular weight excluding hydrogens is 372 g/mol. The summed E-state index contributed by atoms with van der Waals surface area (Å²) in [6.45, 7) is 8.85. The lowest BCUT2D eigenvalue weighted by atomic mass is 10.1. The minimum atomic E-state index is -0.330. The molecule has 1 aliphatic rings. The maximum Gasteiger partial charge on any atom is 0.261 e. The number of nitrogens with zero attached hydrogens (tertiary/aromatic N) is 2. The topological polar surface area (TPSA) is 57.7 Å². The van der Waals surface area contributed by atoms with Crippen molar-refractivity contribution >= 4 is 33.7 Å². The number of halogens is 1. The van der Waals surface area contributed by atoms with Crippen LogP contribution in [0.5, 0.6) is 0 Å². The molecule has 0 bridgehead atoms. The fraction of sp³-hybridized carbons (Fsp3) is 0.500. The van der Waals surface area contributed by atoms with Crippen molar-refractivity contribution < 1.29 is 14.4 Å². The van der Waals surface area contributed by atoms with Crippen molar-refractivity contribution in [3.8, 4) is 0 Å². The molecule has 3 amide bonds. The zero-order valence-electron chi connectivity index (χ0n) is 14.5. The van der Waals surface area contributed by atoms with E-state index in [-0.39, 0.29) is 36.7 Å². The Bertz CT molecular complexity index is 670. The maximum absolute atomic E-state index is 12.5. The van der Waals surface area contributed by atoms with Crippen LogP contribution in [0.15, 0.2) is 22.7 Å². The van der Waals surface area contributed by atoms with Gasteiger partial charge in [0.1, 0.15) is 0 Å². The average Bonchev–Trinajstić information content (AvgIpc) is 2.73. The summed E-state index contributed by atoms with van der Waals surface area (Å²) in [5.41, 5.74) is 0.795. The molecular formula is C18H23BrN2O3. The highest BCUT2D eigenvalue weighted by molar-refractivity contribution is 9.10. The van der Waals surface area contributed by atoms with E-state index in [1.54, 1.807) is 23.1 Å². The highest BCUT2D eigenvalue weighted by Crippen LogP contribution is 2.26. The molecule has 2 rings (SSSR count). The molecule has 1 aliphatic heterocycles. The Kier molecular flexibility index (Phi) is 5.80. The van der Waals surface area contributed by atoms with Crippen molar-refractivity contribution in [1.29, 1.82) is 0 Å². The van der Waals surface area contributed by atoms with Crippen LogP contribution < -0.4 is 0 Å². The molecule has 0 aromatic heterocycles. The molecule has 1 aromatic rings. The Morgan fingerprint density at radius 3 is 2.33 bits per heavy atom. The van der Waals surface area contributed by atoms with Gasteiger partial charge in [-0.2, -0.15) is 0 Å². The standard InChI is InChI=1S/C18H23BrN2O3/c1-11(2)10-21(12(3)4)16(22)7-8-20-17(23)14-6-5-13(19)9-15(14)18(20)24/h5-6,9,11-12H,7-8,10H2,1-4H3. The van der Waals surface area contributed by atoms with Crippen molar-refractivity contribution in [3.63, 3.8) is 0 Å². The van der Waals surface area contributed by atoms with Gasteiger partial charge in [-0.15, -0.1) is 0 Å². The first-order valence-corrected chi connectivity index (χ1v) is 8.97. The van der Waals surface area contributed by atoms with E-state index in [0.29, 0.717) is 23.6 Å². The van der Waals surface area contributed by atoms with Gasteiger partial charge in [-0.05, 0) is 38.0 Å². The molecule has 0 aliphatic carbocycles. The van der Waals surface area contributed by atoms with E-state index in [2.05, 4.69) is 29.8 Å². The molecule has 0 fully saturated rings. The number of hydrogen-bond donors (Lipinski definition) is 0. The summed E-state index contributed by atoms with van der Waals surface area (Å²) >= 11 is 3.31. The number of carbonyl (C=O) groups excluding carboxylic acids is 3. The van der Waals surface area contributed by atoms with Gasteiger partial charge < -0.3 is 4.90 Å². The predicted octanol–water partition coefficient (Wildman–Crippen LogP) is 3.33. The van der Waals surface area contributed by atoms with Crippen LogP contribution in [0.4, 0.5) is 0 Å². The number of benzene rings is 1. The quantitative estimate of drug-likeness (QED) is 0.695. The average molecular weight is 395 g/mol. The molecule has 0 N–H and O–H groups in total. The third-order valence-corrected chi connectivity index (χ3v) is 4.48. The Balaban J connectivity index is 2.06. The van der Waals surface area contributed by atoms with Gasteiger partial charge in [0.05, 0.1) is 11.1 Å². The maximum atomic E-state index is 12.5. The second-order valence-electron chi connectivity index (χ2n) is 6.74. The Labute approximate surface area is 151 Å². The molecule has 24 heavy (non-hydrogen) atoms. The third kappa shape index (κ3) is 3.86. The molecule has 1 heterocycles. The van der Waals surface area contributed by atoms with E-state index in [1.807, 2.05) is 13.8 Å². The van der Waals surface area contributed by atoms with Crippen LogP contribution in [0.25, 0.3) is 0 Å². The normalized spacial score (nSPS) is 13.9. The second kappa shape index (κ2) is 7.47. The van der Waals surface area contributed by atoms with Crippen molar-refractivity contribution in [2.75, 3.05) is 13.1 Å². The second-order valence-corrected chi connectivity index (χ2v) is 7.65. The van der Waals surface area contributed by atoms with Crippen LogP contribution in [0.2, 0.25) is 0 Å².